The molecule has 0 fully saturated rings. The van der Waals surface area contributed by atoms with E-state index in [1.54, 1.807) is 0 Å². The zero-order valence-corrected chi connectivity index (χ0v) is 13.6. The van der Waals surface area contributed by atoms with E-state index >= 15 is 0 Å². The normalized spacial score (nSPS) is 12.7. The number of hydrogen-bond donors (Lipinski definition) is 1. The highest BCUT2D eigenvalue weighted by Crippen LogP contribution is 2.23. The van der Waals surface area contributed by atoms with Gasteiger partial charge in [-0.3, -0.25) is 9.59 Å². The second-order valence-electron chi connectivity index (χ2n) is 6.19. The molecule has 2 aromatic carbocycles. The molecule has 1 aliphatic carbocycles. The Hall–Kier alpha value is -2.62. The molecule has 2 aromatic rings. The molecule has 0 saturated carbocycles. The number of aliphatic carboxylic acids is 1. The lowest BCUT2D eigenvalue weighted by molar-refractivity contribution is -0.137. The number of carboxylic acids is 1. The first kappa shape index (κ1) is 16.2. The van der Waals surface area contributed by atoms with Crippen LogP contribution >= 0.6 is 0 Å². The van der Waals surface area contributed by atoms with Crippen LogP contribution in [0, 0.1) is 0 Å². The highest BCUT2D eigenvalue weighted by atomic mass is 16.4. The maximum atomic E-state index is 12.8. The Balaban J connectivity index is 1.74. The summed E-state index contributed by atoms with van der Waals surface area (Å²) in [5, 5.41) is 9.14. The third-order valence-electron chi connectivity index (χ3n) is 4.47. The van der Waals surface area contributed by atoms with Crippen LogP contribution in [0.2, 0.25) is 0 Å². The van der Waals surface area contributed by atoms with Crippen molar-refractivity contribution >= 4 is 11.9 Å². The van der Waals surface area contributed by atoms with E-state index in [0.29, 0.717) is 18.5 Å². The standard InChI is InChI=1S/C20H21NO3/c22-19(23)14-21(12-11-15-5-2-1-3-6-15)20(24)18-10-9-16-7-4-8-17(16)13-18/h1-3,5-6,9-10,13H,4,7-8,11-12,14H2,(H,22,23). The fourth-order valence-electron chi connectivity index (χ4n) is 3.21. The van der Waals surface area contributed by atoms with Crippen molar-refractivity contribution in [1.29, 1.82) is 0 Å². The first-order chi connectivity index (χ1) is 11.6. The Morgan fingerprint density at radius 3 is 2.50 bits per heavy atom. The molecule has 124 valence electrons. The van der Waals surface area contributed by atoms with Crippen LogP contribution in [0.1, 0.15) is 33.5 Å². The van der Waals surface area contributed by atoms with Gasteiger partial charge in [-0.2, -0.15) is 0 Å². The van der Waals surface area contributed by atoms with Crippen molar-refractivity contribution in [3.05, 3.63) is 70.8 Å². The van der Waals surface area contributed by atoms with E-state index in [1.807, 2.05) is 48.5 Å². The lowest BCUT2D eigenvalue weighted by Crippen LogP contribution is -2.37. The third-order valence-corrected chi connectivity index (χ3v) is 4.47. The number of carboxylic acid groups (broad SMARTS) is 1. The molecule has 24 heavy (non-hydrogen) atoms. The van der Waals surface area contributed by atoms with Crippen molar-refractivity contribution in [3.8, 4) is 0 Å². The molecule has 3 rings (SSSR count). The number of rotatable bonds is 6. The summed E-state index contributed by atoms with van der Waals surface area (Å²) in [5.74, 6) is -1.19. The van der Waals surface area contributed by atoms with Gasteiger partial charge < -0.3 is 10.0 Å². The second-order valence-corrected chi connectivity index (χ2v) is 6.19. The van der Waals surface area contributed by atoms with Gasteiger partial charge in [-0.05, 0) is 54.5 Å². The van der Waals surface area contributed by atoms with Crippen LogP contribution < -0.4 is 0 Å². The van der Waals surface area contributed by atoms with Crippen molar-refractivity contribution in [3.63, 3.8) is 0 Å². The smallest absolute Gasteiger partial charge is 0.323 e. The van der Waals surface area contributed by atoms with Gasteiger partial charge in [0.2, 0.25) is 0 Å². The van der Waals surface area contributed by atoms with Crippen LogP contribution in [0.25, 0.3) is 0 Å². The van der Waals surface area contributed by atoms with Crippen LogP contribution in [0.15, 0.2) is 48.5 Å². The van der Waals surface area contributed by atoms with Crippen LogP contribution in [0.3, 0.4) is 0 Å². The van der Waals surface area contributed by atoms with Crippen molar-refractivity contribution < 1.29 is 14.7 Å². The van der Waals surface area contributed by atoms with Gasteiger partial charge in [-0.15, -0.1) is 0 Å². The molecule has 0 spiro atoms. The number of benzene rings is 2. The molecule has 1 amide bonds. The SMILES string of the molecule is O=C(O)CN(CCc1ccccc1)C(=O)c1ccc2c(c1)CCC2. The quantitative estimate of drug-likeness (QED) is 0.889. The molecule has 0 radical (unpaired) electrons. The lowest BCUT2D eigenvalue weighted by atomic mass is 10.1. The average Bonchev–Trinajstić information content (AvgIpc) is 3.06. The van der Waals surface area contributed by atoms with E-state index in [2.05, 4.69) is 0 Å². The summed E-state index contributed by atoms with van der Waals surface area (Å²) in [6.07, 6.45) is 3.83. The molecular weight excluding hydrogens is 302 g/mol. The highest BCUT2D eigenvalue weighted by Gasteiger charge is 2.20. The van der Waals surface area contributed by atoms with Crippen molar-refractivity contribution in [2.45, 2.75) is 25.7 Å². The minimum absolute atomic E-state index is 0.206. The molecule has 0 bridgehead atoms. The molecule has 0 atom stereocenters. The minimum atomic E-state index is -0.988. The van der Waals surface area contributed by atoms with Crippen LogP contribution in [-0.4, -0.2) is 35.0 Å². The monoisotopic (exact) mass is 323 g/mol. The summed E-state index contributed by atoms with van der Waals surface area (Å²) in [7, 11) is 0. The van der Waals surface area contributed by atoms with E-state index in [9.17, 15) is 9.59 Å². The maximum Gasteiger partial charge on any atom is 0.323 e. The predicted octanol–water partition coefficient (Wildman–Crippen LogP) is 2.94. The molecule has 0 heterocycles. The fraction of sp³-hybridized carbons (Fsp3) is 0.300. The Labute approximate surface area is 141 Å². The summed E-state index contributed by atoms with van der Waals surface area (Å²) in [5.41, 5.74) is 4.21. The van der Waals surface area contributed by atoms with E-state index in [1.165, 1.54) is 16.0 Å². The summed E-state index contributed by atoms with van der Waals surface area (Å²) < 4.78 is 0. The van der Waals surface area contributed by atoms with Crippen molar-refractivity contribution in [2.75, 3.05) is 13.1 Å². The molecule has 4 heteroatoms. The van der Waals surface area contributed by atoms with Gasteiger partial charge in [-0.25, -0.2) is 0 Å². The minimum Gasteiger partial charge on any atom is -0.480 e. The number of carbonyl (C=O) groups excluding carboxylic acids is 1. The van der Waals surface area contributed by atoms with Gasteiger partial charge in [0.05, 0.1) is 0 Å². The van der Waals surface area contributed by atoms with Crippen LogP contribution in [-0.2, 0) is 24.1 Å². The summed E-state index contributed by atoms with van der Waals surface area (Å²) in [4.78, 5) is 25.3. The Morgan fingerprint density at radius 2 is 1.75 bits per heavy atom. The van der Waals surface area contributed by atoms with Gasteiger partial charge in [0.25, 0.3) is 5.91 Å². The Kier molecular flexibility index (Phi) is 4.94. The van der Waals surface area contributed by atoms with E-state index in [4.69, 9.17) is 5.11 Å². The Bertz CT molecular complexity index is 740. The average molecular weight is 323 g/mol. The van der Waals surface area contributed by atoms with Gasteiger partial charge in [0, 0.05) is 12.1 Å². The van der Waals surface area contributed by atoms with Gasteiger partial charge in [0.15, 0.2) is 0 Å². The first-order valence-corrected chi connectivity index (χ1v) is 8.30. The van der Waals surface area contributed by atoms with Gasteiger partial charge >= 0.3 is 5.97 Å². The van der Waals surface area contributed by atoms with Crippen LogP contribution in [0.4, 0.5) is 0 Å². The molecular formula is C20H21NO3. The molecule has 0 unspecified atom stereocenters. The molecule has 0 aromatic heterocycles. The molecule has 1 N–H and O–H groups in total. The second kappa shape index (κ2) is 7.30. The fourth-order valence-corrected chi connectivity index (χ4v) is 3.21. The van der Waals surface area contributed by atoms with Crippen molar-refractivity contribution in [2.24, 2.45) is 0 Å². The van der Waals surface area contributed by atoms with E-state index in [0.717, 1.165) is 24.8 Å². The number of carbonyl (C=O) groups is 2. The zero-order chi connectivity index (χ0) is 16.9. The number of nitrogens with zero attached hydrogens (tertiary/aromatic N) is 1. The zero-order valence-electron chi connectivity index (χ0n) is 13.6. The number of amides is 1. The predicted molar refractivity (Wildman–Crippen MR) is 92.2 cm³/mol. The van der Waals surface area contributed by atoms with E-state index in [-0.39, 0.29) is 12.5 Å². The number of hydrogen-bond acceptors (Lipinski definition) is 2. The summed E-state index contributed by atoms with van der Waals surface area (Å²) >= 11 is 0. The summed E-state index contributed by atoms with van der Waals surface area (Å²) in [6, 6.07) is 15.6. The molecule has 4 nitrogen and oxygen atoms in total. The largest absolute Gasteiger partial charge is 0.480 e. The number of aryl methyl sites for hydroxylation is 2. The van der Waals surface area contributed by atoms with Crippen molar-refractivity contribution in [1.82, 2.24) is 4.90 Å². The molecule has 0 saturated heterocycles. The molecule has 1 aliphatic rings. The molecule has 0 aliphatic heterocycles. The Morgan fingerprint density at radius 1 is 1.00 bits per heavy atom. The summed E-state index contributed by atoms with van der Waals surface area (Å²) in [6.45, 7) is 0.120. The highest BCUT2D eigenvalue weighted by molar-refractivity contribution is 5.96. The van der Waals surface area contributed by atoms with Crippen LogP contribution in [0.5, 0.6) is 0 Å². The van der Waals surface area contributed by atoms with Gasteiger partial charge in [-0.1, -0.05) is 36.4 Å². The number of fused-ring (bicyclic) bond motifs is 1. The topological polar surface area (TPSA) is 57.6 Å². The third kappa shape index (κ3) is 3.82. The van der Waals surface area contributed by atoms with E-state index < -0.39 is 5.97 Å². The van der Waals surface area contributed by atoms with Gasteiger partial charge in [0.1, 0.15) is 6.54 Å². The maximum absolute atomic E-state index is 12.8. The lowest BCUT2D eigenvalue weighted by Gasteiger charge is -2.21. The first-order valence-electron chi connectivity index (χ1n) is 8.30.